The van der Waals surface area contributed by atoms with E-state index in [0.29, 0.717) is 12.0 Å². The highest BCUT2D eigenvalue weighted by atomic mass is 16.5. The number of aromatic carboxylic acids is 3. The lowest BCUT2D eigenvalue weighted by Crippen LogP contribution is -2.11. The van der Waals surface area contributed by atoms with Crippen molar-refractivity contribution >= 4 is 23.9 Å². The van der Waals surface area contributed by atoms with Gasteiger partial charge < -0.3 is 20.1 Å². The van der Waals surface area contributed by atoms with Crippen molar-refractivity contribution in [2.75, 3.05) is 6.61 Å². The predicted molar refractivity (Wildman–Crippen MR) is 99.1 cm³/mol. The molecular weight excluding hydrogens is 368 g/mol. The summed E-state index contributed by atoms with van der Waals surface area (Å²) in [6, 6.07) is 10.4. The van der Waals surface area contributed by atoms with Crippen molar-refractivity contribution in [1.29, 1.82) is 0 Å². The van der Waals surface area contributed by atoms with Crippen LogP contribution in [0, 0.1) is 0 Å². The quantitative estimate of drug-likeness (QED) is 0.641. The molecule has 0 aromatic heterocycles. The van der Waals surface area contributed by atoms with Crippen LogP contribution in [0.5, 0.6) is 0 Å². The van der Waals surface area contributed by atoms with Crippen LogP contribution in [-0.2, 0) is 11.2 Å². The predicted octanol–water partition coefficient (Wildman–Crippen LogP) is 3.21. The highest BCUT2D eigenvalue weighted by Crippen LogP contribution is 2.15. The number of aryl methyl sites for hydroxylation is 1. The molecule has 0 atom stereocenters. The fourth-order valence-corrected chi connectivity index (χ4v) is 2.38. The molecule has 0 unspecified atom stereocenters. The Morgan fingerprint density at radius 1 is 0.750 bits per heavy atom. The Morgan fingerprint density at radius 2 is 1.29 bits per heavy atom. The standard InChI is InChI=1S/2C10H10O4/c1-2-14-10(13)8-6-4-3-5-7(8)9(11)12;1-2-6-4-3-5-7(9(11)12)8(6)10(13)14/h3-6H,2H2,1H3,(H,11,12);3-5H,2H2,1H3,(H,11,12)(H,13,14). The van der Waals surface area contributed by atoms with Crippen molar-refractivity contribution in [3.8, 4) is 0 Å². The normalized spacial score (nSPS) is 9.64. The molecule has 0 fully saturated rings. The summed E-state index contributed by atoms with van der Waals surface area (Å²) >= 11 is 0. The second-order valence-corrected chi connectivity index (χ2v) is 5.37. The minimum atomic E-state index is -1.21. The third kappa shape index (κ3) is 5.66. The average molecular weight is 388 g/mol. The van der Waals surface area contributed by atoms with Crippen LogP contribution >= 0.6 is 0 Å². The van der Waals surface area contributed by atoms with Gasteiger partial charge in [0.05, 0.1) is 28.9 Å². The van der Waals surface area contributed by atoms with Gasteiger partial charge in [-0.15, -0.1) is 0 Å². The Hall–Kier alpha value is -3.68. The summed E-state index contributed by atoms with van der Waals surface area (Å²) in [7, 11) is 0. The molecule has 0 heterocycles. The van der Waals surface area contributed by atoms with Gasteiger partial charge in [-0.3, -0.25) is 0 Å². The molecule has 0 aliphatic heterocycles. The second-order valence-electron chi connectivity index (χ2n) is 5.37. The number of esters is 1. The number of hydrogen-bond donors (Lipinski definition) is 3. The van der Waals surface area contributed by atoms with Crippen molar-refractivity contribution < 1.29 is 39.2 Å². The first kappa shape index (κ1) is 22.4. The molecule has 148 valence electrons. The Labute approximate surface area is 161 Å². The maximum absolute atomic E-state index is 11.3. The zero-order valence-corrected chi connectivity index (χ0v) is 15.3. The van der Waals surface area contributed by atoms with Gasteiger partial charge in [-0.25, -0.2) is 19.2 Å². The highest BCUT2D eigenvalue weighted by Gasteiger charge is 2.18. The lowest BCUT2D eigenvalue weighted by Gasteiger charge is -2.06. The lowest BCUT2D eigenvalue weighted by molar-refractivity contribution is 0.0514. The molecule has 8 heteroatoms. The van der Waals surface area contributed by atoms with Gasteiger partial charge in [-0.05, 0) is 37.1 Å². The molecule has 2 aromatic carbocycles. The van der Waals surface area contributed by atoms with Crippen LogP contribution in [0.3, 0.4) is 0 Å². The molecule has 0 spiro atoms. The molecule has 2 aromatic rings. The summed E-state index contributed by atoms with van der Waals surface area (Å²) in [6.45, 7) is 3.68. The Bertz CT molecular complexity index is 886. The number of carboxylic acids is 3. The van der Waals surface area contributed by atoms with Gasteiger partial charge in [0.15, 0.2) is 0 Å². The number of carbonyl (C=O) groups is 4. The van der Waals surface area contributed by atoms with Gasteiger partial charge in [-0.2, -0.15) is 0 Å². The maximum atomic E-state index is 11.3. The molecule has 0 aliphatic rings. The molecular formula is C20H20O8. The van der Waals surface area contributed by atoms with Gasteiger partial charge in [0.25, 0.3) is 0 Å². The lowest BCUT2D eigenvalue weighted by atomic mass is 9.99. The molecule has 0 bridgehead atoms. The summed E-state index contributed by atoms with van der Waals surface area (Å²) in [5.74, 6) is -4.14. The van der Waals surface area contributed by atoms with Crippen LogP contribution in [0.2, 0.25) is 0 Å². The van der Waals surface area contributed by atoms with E-state index in [2.05, 4.69) is 0 Å². The van der Waals surface area contributed by atoms with E-state index in [9.17, 15) is 19.2 Å². The molecule has 0 amide bonds. The van der Waals surface area contributed by atoms with E-state index < -0.39 is 23.9 Å². The molecule has 8 nitrogen and oxygen atoms in total. The van der Waals surface area contributed by atoms with Crippen LogP contribution < -0.4 is 0 Å². The Morgan fingerprint density at radius 3 is 1.75 bits per heavy atom. The van der Waals surface area contributed by atoms with Crippen molar-refractivity contribution in [3.63, 3.8) is 0 Å². The first-order valence-electron chi connectivity index (χ1n) is 8.32. The molecule has 3 N–H and O–H groups in total. The van der Waals surface area contributed by atoms with Crippen molar-refractivity contribution in [2.24, 2.45) is 0 Å². The van der Waals surface area contributed by atoms with E-state index in [0.717, 1.165) is 0 Å². The maximum Gasteiger partial charge on any atom is 0.338 e. The molecule has 0 saturated heterocycles. The van der Waals surface area contributed by atoms with Gasteiger partial charge >= 0.3 is 23.9 Å². The Balaban J connectivity index is 0.000000280. The van der Waals surface area contributed by atoms with Gasteiger partial charge in [0.1, 0.15) is 0 Å². The summed E-state index contributed by atoms with van der Waals surface area (Å²) < 4.78 is 4.72. The second kappa shape index (κ2) is 10.5. The van der Waals surface area contributed by atoms with E-state index >= 15 is 0 Å². The van der Waals surface area contributed by atoms with Gasteiger partial charge in [0, 0.05) is 0 Å². The summed E-state index contributed by atoms with van der Waals surface area (Å²) in [5.41, 5.74) is 0.324. The fraction of sp³-hybridized carbons (Fsp3) is 0.200. The van der Waals surface area contributed by atoms with Gasteiger partial charge in [-0.1, -0.05) is 31.2 Å². The van der Waals surface area contributed by atoms with E-state index in [1.807, 2.05) is 0 Å². The van der Waals surface area contributed by atoms with Crippen LogP contribution in [0.25, 0.3) is 0 Å². The number of carbonyl (C=O) groups excluding carboxylic acids is 1. The van der Waals surface area contributed by atoms with Crippen molar-refractivity contribution in [3.05, 3.63) is 70.3 Å². The van der Waals surface area contributed by atoms with E-state index in [1.165, 1.54) is 18.2 Å². The van der Waals surface area contributed by atoms with Gasteiger partial charge in [0.2, 0.25) is 0 Å². The largest absolute Gasteiger partial charge is 0.478 e. The number of ether oxygens (including phenoxy) is 1. The van der Waals surface area contributed by atoms with Crippen molar-refractivity contribution in [2.45, 2.75) is 20.3 Å². The fourth-order valence-electron chi connectivity index (χ4n) is 2.38. The number of carboxylic acid groups (broad SMARTS) is 3. The third-order valence-corrected chi connectivity index (χ3v) is 3.63. The first-order chi connectivity index (χ1) is 13.2. The van der Waals surface area contributed by atoms with E-state index in [1.54, 1.807) is 38.1 Å². The summed E-state index contributed by atoms with van der Waals surface area (Å²) in [5, 5.41) is 26.4. The van der Waals surface area contributed by atoms with Crippen LogP contribution in [0.1, 0.15) is 60.8 Å². The molecule has 0 radical (unpaired) electrons. The van der Waals surface area contributed by atoms with E-state index in [4.69, 9.17) is 20.1 Å². The zero-order chi connectivity index (χ0) is 21.3. The number of rotatable bonds is 6. The van der Waals surface area contributed by atoms with E-state index in [-0.39, 0.29) is 28.9 Å². The van der Waals surface area contributed by atoms with Crippen LogP contribution in [-0.4, -0.2) is 45.8 Å². The smallest absolute Gasteiger partial charge is 0.338 e. The van der Waals surface area contributed by atoms with Crippen molar-refractivity contribution in [1.82, 2.24) is 0 Å². The Kier molecular flexibility index (Phi) is 8.36. The first-order valence-corrected chi connectivity index (χ1v) is 8.32. The monoisotopic (exact) mass is 388 g/mol. The topological polar surface area (TPSA) is 138 Å². The average Bonchev–Trinajstić information content (AvgIpc) is 2.67. The molecule has 2 rings (SSSR count). The van der Waals surface area contributed by atoms with Crippen LogP contribution in [0.15, 0.2) is 42.5 Å². The molecule has 28 heavy (non-hydrogen) atoms. The third-order valence-electron chi connectivity index (χ3n) is 3.63. The highest BCUT2D eigenvalue weighted by molar-refractivity contribution is 6.03. The van der Waals surface area contributed by atoms with Crippen LogP contribution in [0.4, 0.5) is 0 Å². The summed E-state index contributed by atoms with van der Waals surface area (Å²) in [6.07, 6.45) is 0.503. The minimum Gasteiger partial charge on any atom is -0.478 e. The SMILES string of the molecule is CCOC(=O)c1ccccc1C(=O)O.CCc1cccc(C(=O)O)c1C(=O)O. The zero-order valence-electron chi connectivity index (χ0n) is 15.3. The molecule has 0 saturated carbocycles. The minimum absolute atomic E-state index is 0.0362. The number of hydrogen-bond acceptors (Lipinski definition) is 5. The number of benzene rings is 2. The molecule has 0 aliphatic carbocycles. The summed E-state index contributed by atoms with van der Waals surface area (Å²) in [4.78, 5) is 43.6.